The van der Waals surface area contributed by atoms with Gasteiger partial charge in [-0.15, -0.1) is 11.8 Å². The molecule has 1 atom stereocenters. The van der Waals surface area contributed by atoms with Crippen molar-refractivity contribution >= 4 is 23.8 Å². The number of hydrogen-bond donors (Lipinski definition) is 1. The molecule has 0 aromatic rings. The van der Waals surface area contributed by atoms with E-state index in [1.807, 2.05) is 20.8 Å². The predicted octanol–water partition coefficient (Wildman–Crippen LogP) is 1.04. The lowest BCUT2D eigenvalue weighted by Gasteiger charge is -2.27. The van der Waals surface area contributed by atoms with Crippen LogP contribution in [0, 0.1) is 0 Å². The van der Waals surface area contributed by atoms with Crippen LogP contribution in [0.3, 0.4) is 0 Å². The van der Waals surface area contributed by atoms with Gasteiger partial charge in [0.05, 0.1) is 5.88 Å². The predicted molar refractivity (Wildman–Crippen MR) is 63.3 cm³/mol. The molecule has 0 aromatic carbocycles. The van der Waals surface area contributed by atoms with Gasteiger partial charge in [-0.1, -0.05) is 0 Å². The Balaban J connectivity index is 2.65. The lowest BCUT2D eigenvalue weighted by atomic mass is 10.2. The third kappa shape index (κ3) is 3.30. The summed E-state index contributed by atoms with van der Waals surface area (Å²) in [6.45, 7) is 5.43. The standard InChI is InChI=1S/C10H18N2O3S/c1-10(2,3)15-9(14)12-6-16-5-7(12)8(13)11-4/h7H,5-6H2,1-4H3,(H,11,13)/t7-/m1/s1. The van der Waals surface area contributed by atoms with Crippen molar-refractivity contribution in [1.82, 2.24) is 10.2 Å². The molecule has 0 radical (unpaired) electrons. The molecule has 0 aromatic heterocycles. The largest absolute Gasteiger partial charge is 0.444 e. The zero-order chi connectivity index (χ0) is 12.3. The van der Waals surface area contributed by atoms with Gasteiger partial charge in [0, 0.05) is 12.8 Å². The van der Waals surface area contributed by atoms with Gasteiger partial charge in [0.15, 0.2) is 0 Å². The van der Waals surface area contributed by atoms with Crippen LogP contribution in [0.25, 0.3) is 0 Å². The van der Waals surface area contributed by atoms with Gasteiger partial charge in [0.25, 0.3) is 0 Å². The third-order valence-electron chi connectivity index (χ3n) is 2.06. The fraction of sp³-hybridized carbons (Fsp3) is 0.800. The average Bonchev–Trinajstić information content (AvgIpc) is 2.62. The number of ether oxygens (including phenoxy) is 1. The Labute approximate surface area is 99.9 Å². The molecule has 0 aliphatic carbocycles. The van der Waals surface area contributed by atoms with Gasteiger partial charge in [-0.2, -0.15) is 0 Å². The molecule has 1 saturated heterocycles. The first-order valence-corrected chi connectivity index (χ1v) is 6.29. The number of likely N-dealkylation sites (N-methyl/N-ethyl adjacent to an activating group) is 1. The Kier molecular flexibility index (Phi) is 4.07. The van der Waals surface area contributed by atoms with E-state index in [4.69, 9.17) is 4.74 Å². The van der Waals surface area contributed by atoms with Gasteiger partial charge in [-0.3, -0.25) is 9.69 Å². The first-order chi connectivity index (χ1) is 7.35. The molecule has 6 heteroatoms. The first kappa shape index (κ1) is 13.2. The molecule has 1 fully saturated rings. The summed E-state index contributed by atoms with van der Waals surface area (Å²) in [6.07, 6.45) is -0.425. The molecule has 2 amide bonds. The van der Waals surface area contributed by atoms with Crippen LogP contribution < -0.4 is 5.32 Å². The zero-order valence-corrected chi connectivity index (χ0v) is 10.9. The Morgan fingerprint density at radius 1 is 1.44 bits per heavy atom. The van der Waals surface area contributed by atoms with E-state index in [2.05, 4.69) is 5.32 Å². The summed E-state index contributed by atoms with van der Waals surface area (Å²) < 4.78 is 5.24. The number of nitrogens with zero attached hydrogens (tertiary/aromatic N) is 1. The maximum Gasteiger partial charge on any atom is 0.411 e. The number of rotatable bonds is 1. The second-order valence-corrected chi connectivity index (χ2v) is 5.58. The lowest BCUT2D eigenvalue weighted by molar-refractivity contribution is -0.124. The number of thioether (sulfide) groups is 1. The molecule has 1 aliphatic rings. The topological polar surface area (TPSA) is 58.6 Å². The number of amides is 2. The van der Waals surface area contributed by atoms with Crippen LogP contribution in [0.15, 0.2) is 0 Å². The molecule has 5 nitrogen and oxygen atoms in total. The maximum atomic E-state index is 11.8. The summed E-state index contributed by atoms with van der Waals surface area (Å²) >= 11 is 1.55. The fourth-order valence-corrected chi connectivity index (χ4v) is 2.47. The third-order valence-corrected chi connectivity index (χ3v) is 3.07. The van der Waals surface area contributed by atoms with Crippen LogP contribution >= 0.6 is 11.8 Å². The fourth-order valence-electron chi connectivity index (χ4n) is 1.33. The van der Waals surface area contributed by atoms with Crippen molar-refractivity contribution in [3.63, 3.8) is 0 Å². The first-order valence-electron chi connectivity index (χ1n) is 5.14. The minimum Gasteiger partial charge on any atom is -0.444 e. The second kappa shape index (κ2) is 4.95. The van der Waals surface area contributed by atoms with Gasteiger partial charge in [0.2, 0.25) is 5.91 Å². The van der Waals surface area contributed by atoms with Gasteiger partial charge >= 0.3 is 6.09 Å². The van der Waals surface area contributed by atoms with E-state index in [1.165, 1.54) is 4.90 Å². The zero-order valence-electron chi connectivity index (χ0n) is 10.1. The SMILES string of the molecule is CNC(=O)[C@H]1CSCN1C(=O)OC(C)(C)C. The minimum atomic E-state index is -0.530. The molecular weight excluding hydrogens is 228 g/mol. The summed E-state index contributed by atoms with van der Waals surface area (Å²) in [6, 6.07) is -0.412. The number of nitrogens with one attached hydrogen (secondary N) is 1. The molecule has 1 rings (SSSR count). The highest BCUT2D eigenvalue weighted by Gasteiger charge is 2.36. The van der Waals surface area contributed by atoms with E-state index >= 15 is 0 Å². The highest BCUT2D eigenvalue weighted by atomic mass is 32.2. The van der Waals surface area contributed by atoms with Gasteiger partial charge < -0.3 is 10.1 Å². The summed E-state index contributed by atoms with van der Waals surface area (Å²) in [7, 11) is 1.57. The molecule has 1 aliphatic heterocycles. The Morgan fingerprint density at radius 2 is 2.06 bits per heavy atom. The van der Waals surface area contributed by atoms with E-state index < -0.39 is 17.7 Å². The van der Waals surface area contributed by atoms with Crippen LogP contribution in [0.5, 0.6) is 0 Å². The summed E-state index contributed by atoms with van der Waals surface area (Å²) in [5.74, 6) is 0.988. The lowest BCUT2D eigenvalue weighted by Crippen LogP contribution is -2.47. The van der Waals surface area contributed by atoms with E-state index in [9.17, 15) is 9.59 Å². The molecule has 0 saturated carbocycles. The van der Waals surface area contributed by atoms with Gasteiger partial charge in [-0.05, 0) is 20.8 Å². The van der Waals surface area contributed by atoms with Crippen molar-refractivity contribution in [2.24, 2.45) is 0 Å². The van der Waals surface area contributed by atoms with Crippen LogP contribution in [-0.2, 0) is 9.53 Å². The Morgan fingerprint density at radius 3 is 2.56 bits per heavy atom. The van der Waals surface area contributed by atoms with Crippen molar-refractivity contribution in [3.05, 3.63) is 0 Å². The molecule has 92 valence electrons. The molecule has 0 unspecified atom stereocenters. The van der Waals surface area contributed by atoms with E-state index in [-0.39, 0.29) is 5.91 Å². The summed E-state index contributed by atoms with van der Waals surface area (Å²) in [5.41, 5.74) is -0.530. The van der Waals surface area contributed by atoms with Gasteiger partial charge in [-0.25, -0.2) is 4.79 Å². The molecule has 16 heavy (non-hydrogen) atoms. The van der Waals surface area contributed by atoms with E-state index in [0.717, 1.165) is 0 Å². The monoisotopic (exact) mass is 246 g/mol. The summed E-state index contributed by atoms with van der Waals surface area (Å²) in [4.78, 5) is 24.8. The van der Waals surface area contributed by atoms with Crippen molar-refractivity contribution in [2.75, 3.05) is 18.7 Å². The molecular formula is C10H18N2O3S. The minimum absolute atomic E-state index is 0.143. The van der Waals surface area contributed by atoms with Crippen molar-refractivity contribution < 1.29 is 14.3 Å². The highest BCUT2D eigenvalue weighted by Crippen LogP contribution is 2.23. The number of hydrogen-bond acceptors (Lipinski definition) is 4. The molecule has 0 bridgehead atoms. The summed E-state index contributed by atoms with van der Waals surface area (Å²) in [5, 5.41) is 2.55. The van der Waals surface area contributed by atoms with Gasteiger partial charge in [0.1, 0.15) is 11.6 Å². The van der Waals surface area contributed by atoms with Crippen LogP contribution in [-0.4, -0.2) is 47.2 Å². The van der Waals surface area contributed by atoms with Crippen LogP contribution in [0.2, 0.25) is 0 Å². The number of carbonyl (C=O) groups excluding carboxylic acids is 2. The van der Waals surface area contributed by atoms with Crippen molar-refractivity contribution in [2.45, 2.75) is 32.4 Å². The molecule has 1 N–H and O–H groups in total. The normalized spacial score (nSPS) is 20.8. The maximum absolute atomic E-state index is 11.8. The van der Waals surface area contributed by atoms with E-state index in [1.54, 1.807) is 18.8 Å². The Bertz CT molecular complexity index is 288. The van der Waals surface area contributed by atoms with Crippen molar-refractivity contribution in [1.29, 1.82) is 0 Å². The van der Waals surface area contributed by atoms with Crippen molar-refractivity contribution in [3.8, 4) is 0 Å². The smallest absolute Gasteiger partial charge is 0.411 e. The van der Waals surface area contributed by atoms with Crippen LogP contribution in [0.1, 0.15) is 20.8 Å². The highest BCUT2D eigenvalue weighted by molar-refractivity contribution is 7.99. The van der Waals surface area contributed by atoms with E-state index in [0.29, 0.717) is 11.6 Å². The molecule has 1 heterocycles. The quantitative estimate of drug-likeness (QED) is 0.751. The Hall–Kier alpha value is -0.910. The average molecular weight is 246 g/mol. The molecule has 0 spiro atoms. The van der Waals surface area contributed by atoms with Crippen LogP contribution in [0.4, 0.5) is 4.79 Å². The second-order valence-electron chi connectivity index (χ2n) is 4.58. The number of carbonyl (C=O) groups is 2.